The molecule has 0 radical (unpaired) electrons. The van der Waals surface area contributed by atoms with Crippen molar-refractivity contribution in [3.8, 4) is 0 Å². The number of H-pyrrole nitrogens is 1. The summed E-state index contributed by atoms with van der Waals surface area (Å²) in [6, 6.07) is 5.04. The number of carbonyl (C=O) groups is 1. The van der Waals surface area contributed by atoms with Crippen LogP contribution < -0.4 is 5.69 Å². The van der Waals surface area contributed by atoms with Crippen molar-refractivity contribution in [1.29, 1.82) is 0 Å². The number of rotatable bonds is 3. The van der Waals surface area contributed by atoms with Gasteiger partial charge in [0.05, 0.1) is 5.56 Å². The fourth-order valence-corrected chi connectivity index (χ4v) is 2.94. The molecule has 0 fully saturated rings. The fourth-order valence-electron chi connectivity index (χ4n) is 1.32. The second kappa shape index (κ2) is 4.99. The van der Waals surface area contributed by atoms with E-state index in [4.69, 9.17) is 5.11 Å². The molecule has 0 saturated heterocycles. The fraction of sp³-hybridized carbons (Fsp3) is 0.100. The number of aromatic amines is 1. The minimum atomic E-state index is -1.04. The van der Waals surface area contributed by atoms with Crippen LogP contribution in [-0.4, -0.2) is 25.8 Å². The molecule has 0 bridgehead atoms. The topological polar surface area (TPSA) is 88.0 Å². The van der Waals surface area contributed by atoms with Crippen LogP contribution in [0, 0.1) is 0 Å². The third-order valence-corrected chi connectivity index (χ3v) is 4.00. The number of benzene rings is 1. The van der Waals surface area contributed by atoms with Crippen LogP contribution in [0.3, 0.4) is 0 Å². The zero-order valence-electron chi connectivity index (χ0n) is 9.18. The predicted molar refractivity (Wildman–Crippen MR) is 69.1 cm³/mol. The zero-order chi connectivity index (χ0) is 13.3. The molecule has 0 aliphatic heterocycles. The lowest BCUT2D eigenvalue weighted by atomic mass is 10.2. The molecule has 6 nitrogen and oxygen atoms in total. The summed E-state index contributed by atoms with van der Waals surface area (Å²) in [4.78, 5) is 22.9. The summed E-state index contributed by atoms with van der Waals surface area (Å²) < 4.78 is 1.80. The van der Waals surface area contributed by atoms with Crippen molar-refractivity contribution in [2.45, 2.75) is 10.1 Å². The molecular formula is C10H8BrN3O3S. The molecular weight excluding hydrogens is 322 g/mol. The average Bonchev–Trinajstić information content (AvgIpc) is 2.60. The number of nitrogens with zero attached hydrogens (tertiary/aromatic N) is 2. The van der Waals surface area contributed by atoms with E-state index in [2.05, 4.69) is 26.1 Å². The highest BCUT2D eigenvalue weighted by Gasteiger charge is 2.17. The maximum Gasteiger partial charge on any atom is 0.343 e. The largest absolute Gasteiger partial charge is 0.478 e. The van der Waals surface area contributed by atoms with E-state index in [0.717, 1.165) is 11.8 Å². The summed E-state index contributed by atoms with van der Waals surface area (Å²) >= 11 is 4.31. The lowest BCUT2D eigenvalue weighted by molar-refractivity contribution is 0.0692. The van der Waals surface area contributed by atoms with Gasteiger partial charge in [-0.25, -0.2) is 14.7 Å². The molecule has 1 aromatic heterocycles. The van der Waals surface area contributed by atoms with Crippen molar-refractivity contribution in [1.82, 2.24) is 14.8 Å². The molecule has 0 amide bonds. The van der Waals surface area contributed by atoms with Gasteiger partial charge in [0.25, 0.3) is 0 Å². The maximum absolute atomic E-state index is 11.2. The molecule has 8 heteroatoms. The van der Waals surface area contributed by atoms with Gasteiger partial charge >= 0.3 is 11.7 Å². The Kier molecular flexibility index (Phi) is 3.58. The summed E-state index contributed by atoms with van der Waals surface area (Å²) in [5.74, 6) is -1.04. The van der Waals surface area contributed by atoms with Crippen LogP contribution >= 0.6 is 27.7 Å². The van der Waals surface area contributed by atoms with Crippen molar-refractivity contribution >= 4 is 33.7 Å². The average molecular weight is 330 g/mol. The van der Waals surface area contributed by atoms with Gasteiger partial charge in [0.1, 0.15) is 0 Å². The Balaban J connectivity index is 2.47. The molecule has 0 unspecified atom stereocenters. The van der Waals surface area contributed by atoms with E-state index < -0.39 is 5.97 Å². The van der Waals surface area contributed by atoms with Crippen LogP contribution in [0.4, 0.5) is 0 Å². The Hall–Kier alpha value is -1.54. The van der Waals surface area contributed by atoms with Crippen LogP contribution in [0.2, 0.25) is 0 Å². The Morgan fingerprint density at radius 2 is 2.28 bits per heavy atom. The predicted octanol–water partition coefficient (Wildman–Crippen LogP) is 1.72. The normalized spacial score (nSPS) is 10.6. The molecule has 0 atom stereocenters. The van der Waals surface area contributed by atoms with Crippen molar-refractivity contribution < 1.29 is 9.90 Å². The van der Waals surface area contributed by atoms with E-state index in [9.17, 15) is 9.59 Å². The van der Waals surface area contributed by atoms with Gasteiger partial charge in [0.15, 0.2) is 5.16 Å². The molecule has 2 N–H and O–H groups in total. The summed E-state index contributed by atoms with van der Waals surface area (Å²) in [6.45, 7) is 0. The smallest absolute Gasteiger partial charge is 0.343 e. The highest BCUT2D eigenvalue weighted by atomic mass is 79.9. The molecule has 94 valence electrons. The Bertz CT molecular complexity index is 665. The molecule has 0 aliphatic carbocycles. The molecule has 1 aromatic carbocycles. The zero-order valence-corrected chi connectivity index (χ0v) is 11.6. The molecule has 2 aromatic rings. The Labute approximate surface area is 114 Å². The van der Waals surface area contributed by atoms with Gasteiger partial charge in [-0.3, -0.25) is 4.57 Å². The van der Waals surface area contributed by atoms with Gasteiger partial charge in [-0.2, -0.15) is 0 Å². The molecule has 1 heterocycles. The number of aromatic nitrogens is 3. The first-order valence-corrected chi connectivity index (χ1v) is 6.42. The van der Waals surface area contributed by atoms with Crippen molar-refractivity contribution in [2.75, 3.05) is 0 Å². The minimum absolute atomic E-state index is 0.151. The quantitative estimate of drug-likeness (QED) is 0.895. The van der Waals surface area contributed by atoms with E-state index >= 15 is 0 Å². The summed E-state index contributed by atoms with van der Waals surface area (Å²) in [7, 11) is 1.56. The number of nitrogens with one attached hydrogen (secondary N) is 1. The summed E-state index contributed by atoms with van der Waals surface area (Å²) in [5, 5.41) is 15.7. The van der Waals surface area contributed by atoms with E-state index in [-0.39, 0.29) is 11.3 Å². The van der Waals surface area contributed by atoms with E-state index in [1.807, 2.05) is 0 Å². The van der Waals surface area contributed by atoms with Crippen molar-refractivity contribution in [3.05, 3.63) is 38.7 Å². The second-order valence-electron chi connectivity index (χ2n) is 3.39. The molecule has 18 heavy (non-hydrogen) atoms. The molecule has 2 rings (SSSR count). The first-order valence-electron chi connectivity index (χ1n) is 4.81. The van der Waals surface area contributed by atoms with Gasteiger partial charge in [-0.05, 0) is 39.8 Å². The van der Waals surface area contributed by atoms with Crippen LogP contribution in [0.15, 0.2) is 37.5 Å². The van der Waals surface area contributed by atoms with Gasteiger partial charge in [0, 0.05) is 16.4 Å². The first-order chi connectivity index (χ1) is 8.50. The second-order valence-corrected chi connectivity index (χ2v) is 5.25. The third-order valence-electron chi connectivity index (χ3n) is 2.23. The number of hydrogen-bond donors (Lipinski definition) is 2. The summed E-state index contributed by atoms with van der Waals surface area (Å²) in [5.41, 5.74) is -0.192. The highest BCUT2D eigenvalue weighted by molar-refractivity contribution is 9.10. The van der Waals surface area contributed by atoms with Gasteiger partial charge in [-0.1, -0.05) is 6.07 Å². The molecule has 0 spiro atoms. The molecule has 0 saturated carbocycles. The Morgan fingerprint density at radius 3 is 2.83 bits per heavy atom. The number of carboxylic acid groups (broad SMARTS) is 1. The molecule has 0 aliphatic rings. The lowest BCUT2D eigenvalue weighted by Gasteiger charge is -2.06. The van der Waals surface area contributed by atoms with Gasteiger partial charge < -0.3 is 5.11 Å². The van der Waals surface area contributed by atoms with E-state index in [1.165, 1.54) is 4.57 Å². The van der Waals surface area contributed by atoms with Gasteiger partial charge in [0.2, 0.25) is 0 Å². The maximum atomic E-state index is 11.2. The number of hydrogen-bond acceptors (Lipinski definition) is 4. The van der Waals surface area contributed by atoms with Crippen LogP contribution in [-0.2, 0) is 7.05 Å². The van der Waals surface area contributed by atoms with Crippen molar-refractivity contribution in [3.63, 3.8) is 0 Å². The monoisotopic (exact) mass is 329 g/mol. The Morgan fingerprint density at radius 1 is 1.56 bits per heavy atom. The third kappa shape index (κ3) is 2.34. The van der Waals surface area contributed by atoms with Crippen LogP contribution in [0.1, 0.15) is 10.4 Å². The van der Waals surface area contributed by atoms with Crippen LogP contribution in [0.25, 0.3) is 0 Å². The van der Waals surface area contributed by atoms with Crippen LogP contribution in [0.5, 0.6) is 0 Å². The SMILES string of the molecule is Cn1c(Sc2cccc(Br)c2C(=O)O)n[nH]c1=O. The highest BCUT2D eigenvalue weighted by Crippen LogP contribution is 2.32. The van der Waals surface area contributed by atoms with E-state index in [1.54, 1.807) is 25.2 Å². The number of carboxylic acids is 1. The van der Waals surface area contributed by atoms with E-state index in [0.29, 0.717) is 14.5 Å². The number of aromatic carboxylic acids is 1. The van der Waals surface area contributed by atoms with Crippen molar-refractivity contribution in [2.24, 2.45) is 7.05 Å². The summed E-state index contributed by atoms with van der Waals surface area (Å²) in [6.07, 6.45) is 0. The number of halogens is 1. The first kappa shape index (κ1) is 12.9. The lowest BCUT2D eigenvalue weighted by Crippen LogP contribution is -2.13. The minimum Gasteiger partial charge on any atom is -0.478 e. The standard InChI is InChI=1S/C10H8BrN3O3S/c1-14-9(17)12-13-10(14)18-6-4-2-3-5(11)7(6)8(15)16/h2-4H,1H3,(H,12,17)(H,15,16). The van der Waals surface area contributed by atoms with Gasteiger partial charge in [-0.15, -0.1) is 5.10 Å².